The van der Waals surface area contributed by atoms with Crippen LogP contribution < -0.4 is 5.32 Å². The molecular formula is C20H21FN6O2. The van der Waals surface area contributed by atoms with Crippen molar-refractivity contribution >= 4 is 5.91 Å². The summed E-state index contributed by atoms with van der Waals surface area (Å²) in [7, 11) is 0. The van der Waals surface area contributed by atoms with E-state index in [2.05, 4.69) is 25.2 Å². The normalized spacial score (nSPS) is 20.7. The number of hydrogen-bond donors (Lipinski definition) is 1. The average molecular weight is 396 g/mol. The second kappa shape index (κ2) is 7.40. The van der Waals surface area contributed by atoms with Crippen molar-refractivity contribution in [2.24, 2.45) is 5.92 Å². The summed E-state index contributed by atoms with van der Waals surface area (Å²) in [5, 5.41) is 15.7. The molecule has 2 aromatic heterocycles. The number of halogens is 1. The lowest BCUT2D eigenvalue weighted by Crippen LogP contribution is -2.33. The Morgan fingerprint density at radius 1 is 1.24 bits per heavy atom. The number of carbonyl (C=O) groups excluding carboxylic acids is 1. The van der Waals surface area contributed by atoms with Crippen LogP contribution >= 0.6 is 0 Å². The van der Waals surface area contributed by atoms with Crippen molar-refractivity contribution in [1.29, 1.82) is 0 Å². The second-order valence-corrected chi connectivity index (χ2v) is 7.34. The molecule has 2 aliphatic heterocycles. The van der Waals surface area contributed by atoms with Gasteiger partial charge in [0.05, 0.1) is 23.8 Å². The molecular weight excluding hydrogens is 375 g/mol. The number of aromatic nitrogens is 5. The maximum atomic E-state index is 13.3. The molecule has 0 bridgehead atoms. The Labute approximate surface area is 166 Å². The fourth-order valence-corrected chi connectivity index (χ4v) is 4.12. The highest BCUT2D eigenvalue weighted by Gasteiger charge is 2.37. The van der Waals surface area contributed by atoms with E-state index >= 15 is 0 Å². The summed E-state index contributed by atoms with van der Waals surface area (Å²) in [6.07, 6.45) is 3.88. The summed E-state index contributed by atoms with van der Waals surface area (Å²) < 4.78 is 22.9. The lowest BCUT2D eigenvalue weighted by molar-refractivity contribution is -0.127. The van der Waals surface area contributed by atoms with Crippen LogP contribution in [0.1, 0.15) is 36.3 Å². The maximum Gasteiger partial charge on any atom is 0.226 e. The molecule has 3 aromatic rings. The summed E-state index contributed by atoms with van der Waals surface area (Å²) in [5.41, 5.74) is 1.50. The summed E-state index contributed by atoms with van der Waals surface area (Å²) >= 11 is 0. The Morgan fingerprint density at radius 3 is 2.97 bits per heavy atom. The Balaban J connectivity index is 1.32. The van der Waals surface area contributed by atoms with Gasteiger partial charge in [-0.05, 0) is 43.2 Å². The number of ether oxygens (including phenoxy) is 1. The van der Waals surface area contributed by atoms with Crippen LogP contribution in [0.3, 0.4) is 0 Å². The average Bonchev–Trinajstić information content (AvgIpc) is 3.50. The molecule has 1 N–H and O–H groups in total. The molecule has 150 valence electrons. The number of aryl methyl sites for hydroxylation is 1. The monoisotopic (exact) mass is 396 g/mol. The van der Waals surface area contributed by atoms with E-state index in [-0.39, 0.29) is 17.6 Å². The fourth-order valence-electron chi connectivity index (χ4n) is 4.12. The topological polar surface area (TPSA) is 86.9 Å². The van der Waals surface area contributed by atoms with Crippen molar-refractivity contribution in [3.05, 3.63) is 59.7 Å². The van der Waals surface area contributed by atoms with Crippen LogP contribution in [-0.4, -0.2) is 37.1 Å². The molecule has 1 saturated heterocycles. The van der Waals surface area contributed by atoms with Gasteiger partial charge in [0.2, 0.25) is 5.91 Å². The number of rotatable bonds is 5. The van der Waals surface area contributed by atoms with E-state index < -0.39 is 6.10 Å². The van der Waals surface area contributed by atoms with E-state index in [1.165, 1.54) is 12.1 Å². The van der Waals surface area contributed by atoms with Gasteiger partial charge in [-0.3, -0.25) is 4.79 Å². The molecule has 1 aromatic carbocycles. The molecule has 29 heavy (non-hydrogen) atoms. The molecule has 1 fully saturated rings. The largest absolute Gasteiger partial charge is 0.371 e. The van der Waals surface area contributed by atoms with Crippen LogP contribution in [0.4, 0.5) is 4.39 Å². The third kappa shape index (κ3) is 3.31. The molecule has 0 aliphatic carbocycles. The number of amides is 1. The lowest BCUT2D eigenvalue weighted by Gasteiger charge is -2.19. The molecule has 0 spiro atoms. The lowest BCUT2D eigenvalue weighted by atomic mass is 9.98. The quantitative estimate of drug-likeness (QED) is 0.712. The second-order valence-electron chi connectivity index (χ2n) is 7.34. The molecule has 9 heteroatoms. The van der Waals surface area contributed by atoms with Gasteiger partial charge in [0.1, 0.15) is 17.7 Å². The van der Waals surface area contributed by atoms with Crippen molar-refractivity contribution in [3.8, 4) is 5.69 Å². The van der Waals surface area contributed by atoms with E-state index in [0.717, 1.165) is 42.4 Å². The van der Waals surface area contributed by atoms with E-state index in [1.54, 1.807) is 23.0 Å². The first kappa shape index (κ1) is 18.0. The number of hydrogen-bond acceptors (Lipinski definition) is 5. The van der Waals surface area contributed by atoms with E-state index in [0.29, 0.717) is 19.6 Å². The molecule has 5 rings (SSSR count). The minimum atomic E-state index is -0.410. The van der Waals surface area contributed by atoms with Gasteiger partial charge in [0, 0.05) is 25.8 Å². The molecule has 0 saturated carbocycles. The zero-order valence-corrected chi connectivity index (χ0v) is 15.8. The third-order valence-corrected chi connectivity index (χ3v) is 5.57. The van der Waals surface area contributed by atoms with Gasteiger partial charge in [0.25, 0.3) is 0 Å². The fraction of sp³-hybridized carbons (Fsp3) is 0.400. The highest BCUT2D eigenvalue weighted by atomic mass is 19.1. The van der Waals surface area contributed by atoms with Crippen LogP contribution in [0.2, 0.25) is 0 Å². The molecule has 8 nitrogen and oxygen atoms in total. The van der Waals surface area contributed by atoms with E-state index in [4.69, 9.17) is 4.74 Å². The molecule has 2 atom stereocenters. The van der Waals surface area contributed by atoms with Crippen LogP contribution in [0.25, 0.3) is 5.69 Å². The van der Waals surface area contributed by atoms with Crippen LogP contribution in [0.15, 0.2) is 36.5 Å². The van der Waals surface area contributed by atoms with E-state index in [1.807, 2.05) is 6.07 Å². The first-order valence-electron chi connectivity index (χ1n) is 9.81. The Bertz CT molecular complexity index is 1030. The summed E-state index contributed by atoms with van der Waals surface area (Å²) in [6, 6.07) is 7.92. The number of fused-ring (bicyclic) bond motifs is 1. The van der Waals surface area contributed by atoms with Crippen LogP contribution in [0.5, 0.6) is 0 Å². The Hall–Kier alpha value is -3.07. The third-order valence-electron chi connectivity index (χ3n) is 5.57. The van der Waals surface area contributed by atoms with Crippen LogP contribution in [-0.2, 0) is 29.0 Å². The Morgan fingerprint density at radius 2 is 2.10 bits per heavy atom. The SMILES string of the molecule is O=C(NCc1nnc2n1CCC2)[C@H]1CCO[C@@H]1c1ccnn1-c1ccc(F)cc1. The minimum absolute atomic E-state index is 0.0743. The van der Waals surface area contributed by atoms with Gasteiger partial charge < -0.3 is 14.6 Å². The zero-order chi connectivity index (χ0) is 19.8. The standard InChI is InChI=1S/C20H21FN6O2/c21-13-3-5-14(6-4-13)27-16(7-9-23-27)19-15(8-11-29-19)20(28)22-12-18-25-24-17-2-1-10-26(17)18/h3-7,9,15,19H,1-2,8,10-12H2,(H,22,28)/t15-,19-/m0/s1. The summed E-state index contributed by atoms with van der Waals surface area (Å²) in [6.45, 7) is 1.75. The van der Waals surface area contributed by atoms with Crippen molar-refractivity contribution in [2.75, 3.05) is 6.61 Å². The van der Waals surface area contributed by atoms with Gasteiger partial charge in [-0.1, -0.05) is 0 Å². The van der Waals surface area contributed by atoms with Crippen molar-refractivity contribution in [1.82, 2.24) is 29.9 Å². The number of carbonyl (C=O) groups is 1. The first-order chi connectivity index (χ1) is 14.2. The Kier molecular flexibility index (Phi) is 4.59. The van der Waals surface area contributed by atoms with Gasteiger partial charge in [0.15, 0.2) is 5.82 Å². The predicted octanol–water partition coefficient (Wildman–Crippen LogP) is 1.94. The number of benzene rings is 1. The van der Waals surface area contributed by atoms with Crippen molar-refractivity contribution < 1.29 is 13.9 Å². The smallest absolute Gasteiger partial charge is 0.226 e. The van der Waals surface area contributed by atoms with Gasteiger partial charge >= 0.3 is 0 Å². The maximum absolute atomic E-state index is 13.3. The molecule has 0 unspecified atom stereocenters. The molecule has 1 amide bonds. The van der Waals surface area contributed by atoms with Gasteiger partial charge in [-0.25, -0.2) is 9.07 Å². The first-order valence-corrected chi connectivity index (χ1v) is 9.81. The minimum Gasteiger partial charge on any atom is -0.371 e. The van der Waals surface area contributed by atoms with E-state index in [9.17, 15) is 9.18 Å². The van der Waals surface area contributed by atoms with Crippen molar-refractivity contribution in [2.45, 2.75) is 38.5 Å². The van der Waals surface area contributed by atoms with Gasteiger partial charge in [-0.2, -0.15) is 5.10 Å². The highest BCUT2D eigenvalue weighted by molar-refractivity contribution is 5.79. The van der Waals surface area contributed by atoms with Crippen molar-refractivity contribution in [3.63, 3.8) is 0 Å². The number of nitrogens with one attached hydrogen (secondary N) is 1. The summed E-state index contributed by atoms with van der Waals surface area (Å²) in [4.78, 5) is 12.9. The zero-order valence-electron chi connectivity index (χ0n) is 15.8. The molecule has 0 radical (unpaired) electrons. The summed E-state index contributed by atoms with van der Waals surface area (Å²) in [5.74, 6) is 1.07. The predicted molar refractivity (Wildman–Crippen MR) is 101 cm³/mol. The number of nitrogens with zero attached hydrogens (tertiary/aromatic N) is 5. The molecule has 4 heterocycles. The molecule has 2 aliphatic rings. The highest BCUT2D eigenvalue weighted by Crippen LogP contribution is 2.35. The van der Waals surface area contributed by atoms with Gasteiger partial charge in [-0.15, -0.1) is 10.2 Å². The van der Waals surface area contributed by atoms with Crippen LogP contribution in [0, 0.1) is 11.7 Å².